The van der Waals surface area contributed by atoms with Crippen molar-refractivity contribution < 1.29 is 14.3 Å². The summed E-state index contributed by atoms with van der Waals surface area (Å²) in [6.07, 6.45) is 5.69. The summed E-state index contributed by atoms with van der Waals surface area (Å²) in [5, 5.41) is 6.64. The van der Waals surface area contributed by atoms with Crippen molar-refractivity contribution in [3.63, 3.8) is 0 Å². The number of nitrogens with one attached hydrogen (secondary N) is 2. The van der Waals surface area contributed by atoms with Gasteiger partial charge in [-0.1, -0.05) is 31.4 Å². The van der Waals surface area contributed by atoms with Gasteiger partial charge in [-0.25, -0.2) is 9.79 Å². The molecule has 2 aliphatic rings. The van der Waals surface area contributed by atoms with Gasteiger partial charge in [0.1, 0.15) is 6.61 Å². The number of cyclic esters (lactones) is 1. The number of amides is 2. The van der Waals surface area contributed by atoms with E-state index in [1.165, 1.54) is 19.3 Å². The molecule has 1 aromatic carbocycles. The molecule has 1 aliphatic carbocycles. The molecule has 1 aliphatic heterocycles. The first-order chi connectivity index (χ1) is 14.0. The number of carbonyl (C=O) groups is 2. The van der Waals surface area contributed by atoms with E-state index in [-0.39, 0.29) is 42.5 Å². The van der Waals surface area contributed by atoms with E-state index in [2.05, 4.69) is 15.6 Å². The number of aliphatic imine (C=N–C) groups is 1. The summed E-state index contributed by atoms with van der Waals surface area (Å²) in [6.45, 7) is 1.71. The summed E-state index contributed by atoms with van der Waals surface area (Å²) in [5.41, 5.74) is 1.86. The highest BCUT2D eigenvalue weighted by atomic mass is 127. The van der Waals surface area contributed by atoms with Crippen molar-refractivity contribution in [3.05, 3.63) is 29.8 Å². The molecular weight excluding hydrogens is 497 g/mol. The normalized spacial score (nSPS) is 17.2. The van der Waals surface area contributed by atoms with Crippen molar-refractivity contribution in [1.29, 1.82) is 0 Å². The monoisotopic (exact) mass is 529 g/mol. The van der Waals surface area contributed by atoms with E-state index in [1.807, 2.05) is 24.3 Å². The molecule has 0 bridgehead atoms. The highest BCUT2D eigenvalue weighted by Crippen LogP contribution is 2.20. The fraction of sp³-hybridized carbons (Fsp3) is 0.571. The quantitative estimate of drug-likeness (QED) is 0.337. The highest BCUT2D eigenvalue weighted by Gasteiger charge is 2.23. The molecule has 0 spiro atoms. The summed E-state index contributed by atoms with van der Waals surface area (Å²) in [6, 6.07) is 8.15. The SMILES string of the molecule is CN(C)C(=O)CNC(=NCc1ccc(N2CCOC2=O)cc1)NC1CCCCC1.I. The van der Waals surface area contributed by atoms with Gasteiger partial charge in [0.2, 0.25) is 5.91 Å². The van der Waals surface area contributed by atoms with Crippen LogP contribution in [0.25, 0.3) is 0 Å². The van der Waals surface area contributed by atoms with Gasteiger partial charge in [-0.15, -0.1) is 24.0 Å². The number of nitrogens with zero attached hydrogens (tertiary/aromatic N) is 3. The maximum atomic E-state index is 11.9. The first-order valence-electron chi connectivity index (χ1n) is 10.3. The molecule has 1 heterocycles. The summed E-state index contributed by atoms with van der Waals surface area (Å²) >= 11 is 0. The van der Waals surface area contributed by atoms with Gasteiger partial charge in [0.15, 0.2) is 5.96 Å². The van der Waals surface area contributed by atoms with E-state index in [4.69, 9.17) is 4.74 Å². The van der Waals surface area contributed by atoms with E-state index < -0.39 is 0 Å². The Morgan fingerprint density at radius 3 is 2.50 bits per heavy atom. The second kappa shape index (κ2) is 12.0. The smallest absolute Gasteiger partial charge is 0.414 e. The van der Waals surface area contributed by atoms with Gasteiger partial charge >= 0.3 is 6.09 Å². The Kier molecular flexibility index (Phi) is 9.67. The van der Waals surface area contributed by atoms with Crippen molar-refractivity contribution in [2.45, 2.75) is 44.7 Å². The van der Waals surface area contributed by atoms with Gasteiger partial charge in [-0.3, -0.25) is 9.69 Å². The van der Waals surface area contributed by atoms with Crippen molar-refractivity contribution in [1.82, 2.24) is 15.5 Å². The Morgan fingerprint density at radius 2 is 1.90 bits per heavy atom. The lowest BCUT2D eigenvalue weighted by molar-refractivity contribution is -0.127. The topological polar surface area (TPSA) is 86.3 Å². The Morgan fingerprint density at radius 1 is 1.20 bits per heavy atom. The molecule has 2 N–H and O–H groups in total. The molecule has 3 rings (SSSR count). The van der Waals surface area contributed by atoms with Crippen LogP contribution in [0.3, 0.4) is 0 Å². The minimum atomic E-state index is -0.301. The summed E-state index contributed by atoms with van der Waals surface area (Å²) in [7, 11) is 3.49. The van der Waals surface area contributed by atoms with E-state index in [0.717, 1.165) is 24.1 Å². The zero-order valence-electron chi connectivity index (χ0n) is 17.7. The molecule has 1 saturated carbocycles. The minimum Gasteiger partial charge on any atom is -0.447 e. The highest BCUT2D eigenvalue weighted by molar-refractivity contribution is 14.0. The lowest BCUT2D eigenvalue weighted by Crippen LogP contribution is -2.47. The van der Waals surface area contributed by atoms with Gasteiger partial charge in [0.05, 0.1) is 19.6 Å². The number of benzene rings is 1. The van der Waals surface area contributed by atoms with Crippen molar-refractivity contribution >= 4 is 47.6 Å². The Bertz CT molecular complexity index is 733. The number of carbonyl (C=O) groups excluding carboxylic acids is 2. The first kappa shape index (κ1) is 24.2. The number of hydrogen-bond donors (Lipinski definition) is 2. The number of hydrogen-bond acceptors (Lipinski definition) is 4. The zero-order chi connectivity index (χ0) is 20.6. The number of likely N-dealkylation sites (N-methyl/N-ethyl adjacent to an activating group) is 1. The maximum absolute atomic E-state index is 11.9. The Hall–Kier alpha value is -2.04. The number of guanidine groups is 1. The first-order valence-corrected chi connectivity index (χ1v) is 10.3. The predicted octanol–water partition coefficient (Wildman–Crippen LogP) is 2.72. The molecule has 30 heavy (non-hydrogen) atoms. The van der Waals surface area contributed by atoms with Crippen LogP contribution in [0, 0.1) is 0 Å². The van der Waals surface area contributed by atoms with Crippen LogP contribution < -0.4 is 15.5 Å². The van der Waals surface area contributed by atoms with Gasteiger partial charge < -0.3 is 20.3 Å². The molecule has 0 atom stereocenters. The van der Waals surface area contributed by atoms with Gasteiger partial charge in [0, 0.05) is 25.8 Å². The lowest BCUT2D eigenvalue weighted by atomic mass is 9.96. The van der Waals surface area contributed by atoms with E-state index in [0.29, 0.717) is 31.7 Å². The van der Waals surface area contributed by atoms with Crippen molar-refractivity contribution in [2.24, 2.45) is 4.99 Å². The number of anilines is 1. The third-order valence-electron chi connectivity index (χ3n) is 5.28. The van der Waals surface area contributed by atoms with Crippen LogP contribution in [0.1, 0.15) is 37.7 Å². The predicted molar refractivity (Wildman–Crippen MR) is 128 cm³/mol. The summed E-state index contributed by atoms with van der Waals surface area (Å²) < 4.78 is 4.98. The second-order valence-electron chi connectivity index (χ2n) is 7.72. The van der Waals surface area contributed by atoms with E-state index in [9.17, 15) is 9.59 Å². The van der Waals surface area contributed by atoms with Crippen LogP contribution in [0.2, 0.25) is 0 Å². The van der Waals surface area contributed by atoms with Gasteiger partial charge in [0.25, 0.3) is 0 Å². The van der Waals surface area contributed by atoms with E-state index in [1.54, 1.807) is 23.9 Å². The molecule has 0 unspecified atom stereocenters. The van der Waals surface area contributed by atoms with E-state index >= 15 is 0 Å². The molecule has 2 fully saturated rings. The standard InChI is InChI=1S/C21H31N5O3.HI/c1-25(2)19(27)15-23-20(24-17-6-4-3-5-7-17)22-14-16-8-10-18(11-9-16)26-12-13-29-21(26)28;/h8-11,17H,3-7,12-15H2,1-2H3,(H2,22,23,24);1H. The minimum absolute atomic E-state index is 0. The average molecular weight is 529 g/mol. The third kappa shape index (κ3) is 7.03. The fourth-order valence-electron chi connectivity index (χ4n) is 3.49. The van der Waals surface area contributed by atoms with Gasteiger partial charge in [-0.05, 0) is 30.5 Å². The van der Waals surface area contributed by atoms with Crippen LogP contribution >= 0.6 is 24.0 Å². The van der Waals surface area contributed by atoms with Crippen LogP contribution in [0.5, 0.6) is 0 Å². The largest absolute Gasteiger partial charge is 0.447 e. The van der Waals surface area contributed by atoms with Crippen LogP contribution in [-0.2, 0) is 16.1 Å². The lowest BCUT2D eigenvalue weighted by Gasteiger charge is -2.25. The summed E-state index contributed by atoms with van der Waals surface area (Å²) in [4.78, 5) is 31.5. The fourth-order valence-corrected chi connectivity index (χ4v) is 3.49. The second-order valence-corrected chi connectivity index (χ2v) is 7.72. The molecule has 1 aromatic rings. The Balaban J connectivity index is 0.00000320. The molecule has 1 saturated heterocycles. The number of halogens is 1. The number of rotatable bonds is 6. The number of ether oxygens (including phenoxy) is 1. The summed E-state index contributed by atoms with van der Waals surface area (Å²) in [5.74, 6) is 0.671. The van der Waals surface area contributed by atoms with Crippen molar-refractivity contribution in [3.8, 4) is 0 Å². The molecule has 2 amide bonds. The molecular formula is C21H32IN5O3. The van der Waals surface area contributed by atoms with Crippen LogP contribution in [-0.4, -0.2) is 62.7 Å². The maximum Gasteiger partial charge on any atom is 0.414 e. The molecule has 0 aromatic heterocycles. The molecule has 9 heteroatoms. The zero-order valence-corrected chi connectivity index (χ0v) is 20.1. The van der Waals surface area contributed by atoms with Crippen LogP contribution in [0.4, 0.5) is 10.5 Å². The van der Waals surface area contributed by atoms with Crippen LogP contribution in [0.15, 0.2) is 29.3 Å². The van der Waals surface area contributed by atoms with Crippen molar-refractivity contribution in [2.75, 3.05) is 38.7 Å². The average Bonchev–Trinajstić information content (AvgIpc) is 3.16. The Labute approximate surface area is 195 Å². The molecule has 8 nitrogen and oxygen atoms in total. The van der Waals surface area contributed by atoms with Gasteiger partial charge in [-0.2, -0.15) is 0 Å². The third-order valence-corrected chi connectivity index (χ3v) is 5.28. The molecule has 166 valence electrons. The molecule has 0 radical (unpaired) electrons.